The van der Waals surface area contributed by atoms with Gasteiger partial charge in [-0.3, -0.25) is 9.69 Å². The second-order valence-electron chi connectivity index (χ2n) is 4.84. The van der Waals surface area contributed by atoms with Gasteiger partial charge < -0.3 is 4.74 Å². The van der Waals surface area contributed by atoms with E-state index in [9.17, 15) is 18.0 Å². The van der Waals surface area contributed by atoms with Gasteiger partial charge in [0.1, 0.15) is 11.6 Å². The van der Waals surface area contributed by atoms with Crippen molar-refractivity contribution in [3.8, 4) is 5.75 Å². The first kappa shape index (κ1) is 18.3. The molecule has 4 nitrogen and oxygen atoms in total. The van der Waals surface area contributed by atoms with Crippen LogP contribution in [0.3, 0.4) is 0 Å². The Morgan fingerprint density at radius 2 is 1.88 bits per heavy atom. The molecule has 8 heteroatoms. The van der Waals surface area contributed by atoms with Crippen LogP contribution in [-0.2, 0) is 11.2 Å². The predicted octanol–water partition coefficient (Wildman–Crippen LogP) is 4.34. The van der Waals surface area contributed by atoms with Gasteiger partial charge in [0.25, 0.3) is 0 Å². The van der Waals surface area contributed by atoms with Crippen molar-refractivity contribution in [3.63, 3.8) is 0 Å². The Labute approximate surface area is 145 Å². The highest BCUT2D eigenvalue weighted by Crippen LogP contribution is 2.23. The summed E-state index contributed by atoms with van der Waals surface area (Å²) in [6.45, 7) is 2.25. The van der Waals surface area contributed by atoms with Crippen molar-refractivity contribution in [1.29, 1.82) is 0 Å². The van der Waals surface area contributed by atoms with E-state index in [1.807, 2.05) is 6.92 Å². The Morgan fingerprint density at radius 3 is 2.38 bits per heavy atom. The summed E-state index contributed by atoms with van der Waals surface area (Å²) in [7, 11) is 0. The quantitative estimate of drug-likeness (QED) is 0.746. The van der Waals surface area contributed by atoms with Crippen LogP contribution in [0, 0.1) is 0 Å². The molecule has 0 saturated heterocycles. The van der Waals surface area contributed by atoms with E-state index in [1.54, 1.807) is 18.3 Å². The summed E-state index contributed by atoms with van der Waals surface area (Å²) in [4.78, 5) is 18.1. The van der Waals surface area contributed by atoms with E-state index in [0.29, 0.717) is 17.9 Å². The molecular weight excluding hydrogens is 389 g/mol. The highest BCUT2D eigenvalue weighted by Gasteiger charge is 2.31. The van der Waals surface area contributed by atoms with E-state index in [-0.39, 0.29) is 18.1 Å². The first-order chi connectivity index (χ1) is 11.3. The molecule has 24 heavy (non-hydrogen) atoms. The molecule has 0 spiro atoms. The number of likely N-dealkylation sites (N-methyl/N-ethyl adjacent to an activating group) is 1. The Morgan fingerprint density at radius 1 is 1.21 bits per heavy atom. The average Bonchev–Trinajstić information content (AvgIpc) is 2.50. The Balaban J connectivity index is 2.06. The van der Waals surface area contributed by atoms with Crippen LogP contribution in [0.25, 0.3) is 0 Å². The minimum Gasteiger partial charge on any atom is -0.406 e. The smallest absolute Gasteiger partial charge is 0.406 e. The van der Waals surface area contributed by atoms with Crippen LogP contribution in [0.15, 0.2) is 47.1 Å². The second-order valence-corrected chi connectivity index (χ2v) is 5.76. The molecule has 0 bridgehead atoms. The lowest BCUT2D eigenvalue weighted by Gasteiger charge is -2.20. The van der Waals surface area contributed by atoms with E-state index in [1.165, 1.54) is 29.2 Å². The fraction of sp³-hybridized carbons (Fsp3) is 0.250. The molecule has 0 N–H and O–H groups in total. The van der Waals surface area contributed by atoms with Crippen molar-refractivity contribution >= 4 is 27.7 Å². The number of ether oxygens (including phenoxy) is 1. The van der Waals surface area contributed by atoms with Gasteiger partial charge in [0.05, 0.1) is 6.42 Å². The van der Waals surface area contributed by atoms with Crippen LogP contribution < -0.4 is 9.64 Å². The number of pyridine rings is 1. The van der Waals surface area contributed by atoms with E-state index in [4.69, 9.17) is 0 Å². The molecule has 1 aromatic heterocycles. The predicted molar refractivity (Wildman–Crippen MR) is 86.8 cm³/mol. The van der Waals surface area contributed by atoms with Crippen molar-refractivity contribution < 1.29 is 22.7 Å². The lowest BCUT2D eigenvalue weighted by atomic mass is 10.1. The Hall–Kier alpha value is -2.09. The van der Waals surface area contributed by atoms with Gasteiger partial charge in [-0.25, -0.2) is 4.98 Å². The maximum absolute atomic E-state index is 12.4. The second kappa shape index (κ2) is 7.65. The number of anilines is 1. The maximum Gasteiger partial charge on any atom is 0.573 e. The third-order valence-corrected chi connectivity index (χ3v) is 3.59. The van der Waals surface area contributed by atoms with Gasteiger partial charge in [-0.1, -0.05) is 12.1 Å². The zero-order valence-electron chi connectivity index (χ0n) is 12.7. The zero-order chi connectivity index (χ0) is 17.7. The monoisotopic (exact) mass is 402 g/mol. The molecule has 0 aliphatic carbocycles. The van der Waals surface area contributed by atoms with Gasteiger partial charge in [0.2, 0.25) is 5.91 Å². The van der Waals surface area contributed by atoms with Crippen LogP contribution in [0.4, 0.5) is 19.0 Å². The van der Waals surface area contributed by atoms with E-state index in [2.05, 4.69) is 25.7 Å². The highest BCUT2D eigenvalue weighted by atomic mass is 79.9. The molecule has 0 aliphatic heterocycles. The van der Waals surface area contributed by atoms with Crippen molar-refractivity contribution in [1.82, 2.24) is 4.98 Å². The Bertz CT molecular complexity index is 688. The number of alkyl halides is 3. The maximum atomic E-state index is 12.4. The summed E-state index contributed by atoms with van der Waals surface area (Å²) in [5, 5.41) is 0. The normalized spacial score (nSPS) is 11.2. The minimum atomic E-state index is -4.73. The number of rotatable bonds is 5. The summed E-state index contributed by atoms with van der Waals surface area (Å²) in [6.07, 6.45) is -3.09. The summed E-state index contributed by atoms with van der Waals surface area (Å²) >= 11 is 3.28. The van der Waals surface area contributed by atoms with Gasteiger partial charge in [-0.2, -0.15) is 0 Å². The van der Waals surface area contributed by atoms with E-state index in [0.717, 1.165) is 4.47 Å². The van der Waals surface area contributed by atoms with Crippen LogP contribution >= 0.6 is 15.9 Å². The van der Waals surface area contributed by atoms with Crippen molar-refractivity contribution in [2.75, 3.05) is 11.4 Å². The number of nitrogens with zero attached hydrogens (tertiary/aromatic N) is 2. The van der Waals surface area contributed by atoms with Crippen LogP contribution in [0.5, 0.6) is 5.75 Å². The van der Waals surface area contributed by atoms with Gasteiger partial charge in [-0.15, -0.1) is 13.2 Å². The van der Waals surface area contributed by atoms with Gasteiger partial charge in [-0.05, 0) is 52.7 Å². The fourth-order valence-electron chi connectivity index (χ4n) is 2.07. The van der Waals surface area contributed by atoms with Gasteiger partial charge in [0.15, 0.2) is 0 Å². The number of amides is 1. The molecule has 0 radical (unpaired) electrons. The average molecular weight is 403 g/mol. The highest BCUT2D eigenvalue weighted by molar-refractivity contribution is 9.10. The summed E-state index contributed by atoms with van der Waals surface area (Å²) < 4.78 is 41.0. The SMILES string of the molecule is CCN(C(=O)Cc1ccc(OC(F)(F)F)cc1)c1ccc(Br)cn1. The molecule has 1 aromatic carbocycles. The van der Waals surface area contributed by atoms with Crippen LogP contribution in [0.1, 0.15) is 12.5 Å². The number of benzene rings is 1. The molecule has 0 aliphatic rings. The lowest BCUT2D eigenvalue weighted by Crippen LogP contribution is -2.32. The van der Waals surface area contributed by atoms with Gasteiger partial charge >= 0.3 is 6.36 Å². The van der Waals surface area contributed by atoms with Crippen molar-refractivity contribution in [2.24, 2.45) is 0 Å². The topological polar surface area (TPSA) is 42.4 Å². The largest absolute Gasteiger partial charge is 0.573 e. The summed E-state index contributed by atoms with van der Waals surface area (Å²) in [5.74, 6) is 0.000148. The molecule has 0 fully saturated rings. The molecular formula is C16H14BrF3N2O2. The van der Waals surface area contributed by atoms with E-state index < -0.39 is 6.36 Å². The third kappa shape index (κ3) is 5.23. The molecule has 1 amide bonds. The lowest BCUT2D eigenvalue weighted by molar-refractivity contribution is -0.274. The first-order valence-corrected chi connectivity index (χ1v) is 7.84. The molecule has 128 valence electrons. The first-order valence-electron chi connectivity index (χ1n) is 7.05. The Kier molecular flexibility index (Phi) is 5.82. The van der Waals surface area contributed by atoms with E-state index >= 15 is 0 Å². The number of halogens is 4. The number of carbonyl (C=O) groups excluding carboxylic acids is 1. The minimum absolute atomic E-state index is 0.0535. The summed E-state index contributed by atoms with van der Waals surface area (Å²) in [6, 6.07) is 8.73. The standard InChI is InChI=1S/C16H14BrF3N2O2/c1-2-22(14-8-5-12(17)10-21-14)15(23)9-11-3-6-13(7-4-11)24-16(18,19)20/h3-8,10H,2,9H2,1H3. The molecule has 1 heterocycles. The number of aromatic nitrogens is 1. The number of hydrogen-bond acceptors (Lipinski definition) is 3. The van der Waals surface area contributed by atoms with Crippen LogP contribution in [0.2, 0.25) is 0 Å². The van der Waals surface area contributed by atoms with Crippen molar-refractivity contribution in [3.05, 3.63) is 52.6 Å². The molecule has 0 atom stereocenters. The number of hydrogen-bond donors (Lipinski definition) is 0. The zero-order valence-corrected chi connectivity index (χ0v) is 14.3. The molecule has 0 saturated carbocycles. The van der Waals surface area contributed by atoms with Crippen molar-refractivity contribution in [2.45, 2.75) is 19.7 Å². The van der Waals surface area contributed by atoms with Gasteiger partial charge in [0, 0.05) is 17.2 Å². The fourth-order valence-corrected chi connectivity index (χ4v) is 2.31. The number of carbonyl (C=O) groups is 1. The summed E-state index contributed by atoms with van der Waals surface area (Å²) in [5.41, 5.74) is 0.588. The molecule has 2 rings (SSSR count). The molecule has 0 unspecified atom stereocenters. The van der Waals surface area contributed by atoms with Crippen LogP contribution in [-0.4, -0.2) is 23.8 Å². The third-order valence-electron chi connectivity index (χ3n) is 3.12. The molecule has 2 aromatic rings.